The average molecular weight is 487 g/mol. The number of amides is 2. The number of nitrogens with one attached hydrogen (secondary N) is 1. The molecule has 1 fully saturated rings. The zero-order chi connectivity index (χ0) is 25.7. The average Bonchev–Trinajstić information content (AvgIpc) is 3.32. The standard InChI is InChI=1S/C26H38N4O5/c1-15(2)34-23(31)28-17-12-19-18-11-16(27)7-8-20(18)30(21(19)13-17)14-22-26(6,33)9-10-29(22)24(32)35-25(3,4)5/h7-8,11,15,17,22,33H,9-10,12-14,27H2,1-6H3,(H,28,31)/t17-,22?,26?/m0/s1. The number of ether oxygens (including phenoxy) is 2. The molecule has 2 heterocycles. The molecule has 1 aliphatic heterocycles. The fourth-order valence-electron chi connectivity index (χ4n) is 5.25. The summed E-state index contributed by atoms with van der Waals surface area (Å²) in [6.45, 7) is 11.7. The maximum Gasteiger partial charge on any atom is 0.410 e. The Morgan fingerprint density at radius 2 is 2.00 bits per heavy atom. The SMILES string of the molecule is CC(C)OC(=O)N[C@H]1Cc2c(n(CC3N(C(=O)OC(C)(C)C)CCC3(C)O)c3ccc(N)cc23)C1. The minimum Gasteiger partial charge on any atom is -0.447 e. The lowest BCUT2D eigenvalue weighted by molar-refractivity contribution is -0.0106. The minimum atomic E-state index is -1.06. The van der Waals surface area contributed by atoms with E-state index in [0.29, 0.717) is 38.0 Å². The first-order valence-electron chi connectivity index (χ1n) is 12.3. The third kappa shape index (κ3) is 5.19. The van der Waals surface area contributed by atoms with E-state index in [1.165, 1.54) is 0 Å². The van der Waals surface area contributed by atoms with Crippen molar-refractivity contribution in [3.05, 3.63) is 29.5 Å². The van der Waals surface area contributed by atoms with E-state index in [2.05, 4.69) is 9.88 Å². The van der Waals surface area contributed by atoms with E-state index in [0.717, 1.165) is 22.2 Å². The van der Waals surface area contributed by atoms with Gasteiger partial charge in [-0.2, -0.15) is 0 Å². The van der Waals surface area contributed by atoms with Crippen LogP contribution in [0.4, 0.5) is 15.3 Å². The molecule has 9 heteroatoms. The highest BCUT2D eigenvalue weighted by Crippen LogP contribution is 2.38. The monoisotopic (exact) mass is 486 g/mol. The Kier molecular flexibility index (Phi) is 6.42. The number of nitrogen functional groups attached to an aromatic ring is 1. The number of rotatable bonds is 4. The number of likely N-dealkylation sites (tertiary alicyclic amines) is 1. The second-order valence-corrected chi connectivity index (χ2v) is 11.3. The predicted octanol–water partition coefficient (Wildman–Crippen LogP) is 3.59. The number of benzene rings is 1. The summed E-state index contributed by atoms with van der Waals surface area (Å²) in [6, 6.07) is 5.24. The number of hydrogen-bond acceptors (Lipinski definition) is 6. The molecule has 9 nitrogen and oxygen atoms in total. The van der Waals surface area contributed by atoms with E-state index < -0.39 is 29.4 Å². The van der Waals surface area contributed by atoms with Crippen LogP contribution < -0.4 is 11.1 Å². The highest BCUT2D eigenvalue weighted by atomic mass is 16.6. The third-order valence-corrected chi connectivity index (χ3v) is 6.80. The number of nitrogens with zero attached hydrogens (tertiary/aromatic N) is 2. The predicted molar refractivity (Wildman–Crippen MR) is 134 cm³/mol. The zero-order valence-corrected chi connectivity index (χ0v) is 21.6. The van der Waals surface area contributed by atoms with E-state index in [1.807, 2.05) is 52.8 Å². The second kappa shape index (κ2) is 8.93. The van der Waals surface area contributed by atoms with Gasteiger partial charge in [-0.1, -0.05) is 0 Å². The molecule has 4 N–H and O–H groups in total. The van der Waals surface area contributed by atoms with Gasteiger partial charge in [-0.3, -0.25) is 0 Å². The molecule has 35 heavy (non-hydrogen) atoms. The summed E-state index contributed by atoms with van der Waals surface area (Å²) >= 11 is 0. The van der Waals surface area contributed by atoms with Gasteiger partial charge in [0.05, 0.1) is 17.7 Å². The fraction of sp³-hybridized carbons (Fsp3) is 0.615. The summed E-state index contributed by atoms with van der Waals surface area (Å²) in [6.07, 6.45) is 0.701. The molecule has 192 valence electrons. The van der Waals surface area contributed by atoms with Crippen LogP contribution in [0.25, 0.3) is 10.9 Å². The van der Waals surface area contributed by atoms with Crippen LogP contribution in [0, 0.1) is 0 Å². The number of fused-ring (bicyclic) bond motifs is 3. The summed E-state index contributed by atoms with van der Waals surface area (Å²) in [7, 11) is 0. The summed E-state index contributed by atoms with van der Waals surface area (Å²) in [4.78, 5) is 26.9. The Labute approximate surface area is 206 Å². The zero-order valence-electron chi connectivity index (χ0n) is 21.6. The molecule has 1 saturated heterocycles. The van der Waals surface area contributed by atoms with E-state index in [4.69, 9.17) is 15.2 Å². The molecule has 0 spiro atoms. The maximum absolute atomic E-state index is 13.0. The van der Waals surface area contributed by atoms with Crippen molar-refractivity contribution in [3.8, 4) is 0 Å². The number of hydrogen-bond donors (Lipinski definition) is 3. The topological polar surface area (TPSA) is 119 Å². The molecular formula is C26H38N4O5. The first-order chi connectivity index (χ1) is 16.2. The first kappa shape index (κ1) is 25.2. The highest BCUT2D eigenvalue weighted by Gasteiger charge is 2.47. The molecular weight excluding hydrogens is 448 g/mol. The van der Waals surface area contributed by atoms with Crippen molar-refractivity contribution < 1.29 is 24.2 Å². The molecule has 3 atom stereocenters. The molecule has 1 aliphatic carbocycles. The minimum absolute atomic E-state index is 0.102. The third-order valence-electron chi connectivity index (χ3n) is 6.80. The van der Waals surface area contributed by atoms with Crippen LogP contribution in [0.3, 0.4) is 0 Å². The Morgan fingerprint density at radius 3 is 2.66 bits per heavy atom. The largest absolute Gasteiger partial charge is 0.447 e. The van der Waals surface area contributed by atoms with Gasteiger partial charge in [-0.15, -0.1) is 0 Å². The molecule has 1 aromatic heterocycles. The lowest BCUT2D eigenvalue weighted by atomic mass is 9.97. The van der Waals surface area contributed by atoms with E-state index in [1.54, 1.807) is 11.8 Å². The van der Waals surface area contributed by atoms with E-state index >= 15 is 0 Å². The fourth-order valence-corrected chi connectivity index (χ4v) is 5.25. The molecule has 0 radical (unpaired) electrons. The number of nitrogens with two attached hydrogens (primary N) is 1. The second-order valence-electron chi connectivity index (χ2n) is 11.3. The van der Waals surface area contributed by atoms with Gasteiger partial charge in [-0.25, -0.2) is 9.59 Å². The van der Waals surface area contributed by atoms with Gasteiger partial charge in [0, 0.05) is 47.8 Å². The van der Waals surface area contributed by atoms with Crippen molar-refractivity contribution in [3.63, 3.8) is 0 Å². The quantitative estimate of drug-likeness (QED) is 0.569. The van der Waals surface area contributed by atoms with Gasteiger partial charge in [0.2, 0.25) is 0 Å². The van der Waals surface area contributed by atoms with Crippen molar-refractivity contribution >= 4 is 28.8 Å². The van der Waals surface area contributed by atoms with Gasteiger partial charge in [0.1, 0.15) is 5.60 Å². The smallest absolute Gasteiger partial charge is 0.410 e. The van der Waals surface area contributed by atoms with E-state index in [9.17, 15) is 14.7 Å². The molecule has 2 amide bonds. The van der Waals surface area contributed by atoms with Gasteiger partial charge in [0.25, 0.3) is 0 Å². The van der Waals surface area contributed by atoms with Gasteiger partial charge < -0.3 is 35.1 Å². The number of aromatic nitrogens is 1. The molecule has 4 rings (SSSR count). The Morgan fingerprint density at radius 1 is 1.29 bits per heavy atom. The molecule has 2 aromatic rings. The summed E-state index contributed by atoms with van der Waals surface area (Å²) in [5.74, 6) is 0. The molecule has 1 aromatic carbocycles. The number of aliphatic hydroxyl groups is 1. The van der Waals surface area contributed by atoms with Crippen molar-refractivity contribution in [2.24, 2.45) is 0 Å². The molecule has 0 bridgehead atoms. The summed E-state index contributed by atoms with van der Waals surface area (Å²) in [5, 5.41) is 15.2. The Bertz CT molecular complexity index is 1130. The van der Waals surface area contributed by atoms with Crippen LogP contribution >= 0.6 is 0 Å². The van der Waals surface area contributed by atoms with Gasteiger partial charge >= 0.3 is 12.2 Å². The number of alkyl carbamates (subject to hydrolysis) is 1. The number of carbonyl (C=O) groups excluding carboxylic acids is 2. The highest BCUT2D eigenvalue weighted by molar-refractivity contribution is 5.89. The lowest BCUT2D eigenvalue weighted by Crippen LogP contribution is -2.49. The van der Waals surface area contributed by atoms with Crippen LogP contribution in [0.15, 0.2) is 18.2 Å². The van der Waals surface area contributed by atoms with Crippen molar-refractivity contribution in [2.45, 2.75) is 96.7 Å². The maximum atomic E-state index is 13.0. The van der Waals surface area contributed by atoms with Crippen LogP contribution in [0.1, 0.15) is 59.2 Å². The van der Waals surface area contributed by atoms with Crippen molar-refractivity contribution in [2.75, 3.05) is 12.3 Å². The van der Waals surface area contributed by atoms with Gasteiger partial charge in [-0.05, 0) is 78.1 Å². The molecule has 2 unspecified atom stereocenters. The van der Waals surface area contributed by atoms with E-state index in [-0.39, 0.29) is 12.1 Å². The van der Waals surface area contributed by atoms with Crippen LogP contribution in [-0.2, 0) is 28.9 Å². The number of anilines is 1. The number of carbonyl (C=O) groups is 2. The van der Waals surface area contributed by atoms with Crippen LogP contribution in [0.5, 0.6) is 0 Å². The molecule has 0 saturated carbocycles. The normalized spacial score (nSPS) is 24.2. The Hall–Kier alpha value is -2.94. The first-order valence-corrected chi connectivity index (χ1v) is 12.3. The van der Waals surface area contributed by atoms with Crippen LogP contribution in [-0.4, -0.2) is 62.7 Å². The summed E-state index contributed by atoms with van der Waals surface area (Å²) in [5.41, 5.74) is 8.29. The van der Waals surface area contributed by atoms with Crippen molar-refractivity contribution in [1.82, 2.24) is 14.8 Å². The van der Waals surface area contributed by atoms with Crippen LogP contribution in [0.2, 0.25) is 0 Å². The van der Waals surface area contributed by atoms with Gasteiger partial charge in [0.15, 0.2) is 0 Å². The van der Waals surface area contributed by atoms with Crippen molar-refractivity contribution in [1.29, 1.82) is 0 Å². The Balaban J connectivity index is 1.66. The molecule has 2 aliphatic rings. The lowest BCUT2D eigenvalue weighted by Gasteiger charge is -2.34. The summed E-state index contributed by atoms with van der Waals surface area (Å²) < 4.78 is 13.1.